The largest absolute Gasteiger partial charge is 0.435 e. The van der Waals surface area contributed by atoms with Crippen LogP contribution in [0.25, 0.3) is 0 Å². The van der Waals surface area contributed by atoms with E-state index in [0.717, 1.165) is 45.4 Å². The number of benzene rings is 6. The normalized spacial score (nSPS) is 13.6. The van der Waals surface area contributed by atoms with E-state index in [1.165, 1.54) is 38.9 Å². The van der Waals surface area contributed by atoms with Crippen molar-refractivity contribution < 1.29 is 27.9 Å². The molecule has 54 heavy (non-hydrogen) atoms. The van der Waals surface area contributed by atoms with Crippen molar-refractivity contribution in [2.45, 2.75) is 41.5 Å². The lowest BCUT2D eigenvalue weighted by molar-refractivity contribution is -0.476. The number of hydrogen-bond acceptors (Lipinski definition) is 3. The third-order valence-corrected chi connectivity index (χ3v) is 10.0. The molecule has 6 aromatic carbocycles. The number of rotatable bonds is 3. The molecule has 0 saturated heterocycles. The van der Waals surface area contributed by atoms with E-state index in [1.54, 1.807) is 0 Å². The maximum atomic E-state index is 5.87. The maximum Gasteiger partial charge on any atom is 0.292 e. The highest BCUT2D eigenvalue weighted by atomic mass is 16.5. The van der Waals surface area contributed by atoms with Crippen molar-refractivity contribution in [1.82, 2.24) is 0 Å². The molecule has 0 radical (unpaired) electrons. The van der Waals surface area contributed by atoms with Gasteiger partial charge in [0.05, 0.1) is 16.7 Å². The third kappa shape index (κ3) is 8.18. The van der Waals surface area contributed by atoms with Crippen LogP contribution in [0.15, 0.2) is 127 Å². The average molecular weight is 715 g/mol. The summed E-state index contributed by atoms with van der Waals surface area (Å²) in [7, 11) is 0. The summed E-state index contributed by atoms with van der Waals surface area (Å²) in [6.45, 7) is 14.4. The lowest BCUT2D eigenvalue weighted by Crippen LogP contribution is -2.21. The van der Waals surface area contributed by atoms with E-state index in [-0.39, 0.29) is 0 Å². The van der Waals surface area contributed by atoms with Crippen LogP contribution >= 0.6 is 0 Å². The molecule has 0 aliphatic carbocycles. The van der Waals surface area contributed by atoms with Gasteiger partial charge in [0.15, 0.2) is 18.6 Å². The molecule has 3 aliphatic heterocycles. The molecule has 0 unspecified atom stereocenters. The summed E-state index contributed by atoms with van der Waals surface area (Å²) in [5.41, 5.74) is 14.6. The highest BCUT2D eigenvalue weighted by Gasteiger charge is 2.22. The summed E-state index contributed by atoms with van der Waals surface area (Å²) < 4.78 is 23.9. The van der Waals surface area contributed by atoms with Gasteiger partial charge in [-0.05, 0) is 99.2 Å². The standard InChI is InChI=1S/3C16H16NO/c1-12-8-14-10-17(15-6-4-3-5-7-15)11-18-16(14)9-13(12)2;1-12-8-13(2)16-14(9-12)10-17(11-18-16)15-6-4-3-5-7-15;1-12-8-9-16-15(13(12)2)10-17(11-18-16)14-6-4-3-5-7-14/h3*3-10H,11H2,1-2H3/q3*+1. The Bertz CT molecular complexity index is 2380. The summed E-state index contributed by atoms with van der Waals surface area (Å²) in [6.07, 6.45) is 6.49. The van der Waals surface area contributed by atoms with E-state index in [0.29, 0.717) is 20.2 Å². The fourth-order valence-corrected chi connectivity index (χ4v) is 6.74. The van der Waals surface area contributed by atoms with Gasteiger partial charge in [-0.2, -0.15) is 13.7 Å². The topological polar surface area (TPSA) is 36.7 Å². The van der Waals surface area contributed by atoms with Crippen LogP contribution in [0.5, 0.6) is 17.2 Å². The monoisotopic (exact) mass is 714 g/mol. The average Bonchev–Trinajstić information content (AvgIpc) is 3.21. The molecule has 3 heterocycles. The van der Waals surface area contributed by atoms with Crippen LogP contribution in [-0.4, -0.2) is 52.6 Å². The predicted molar refractivity (Wildman–Crippen MR) is 219 cm³/mol. The SMILES string of the molecule is Cc1cc(C)c2c(c1)C=[N+](c1ccccc1)CO2.Cc1cc2c(cc1C)OC[N+](c1ccccc1)=C2.Cc1ccc2c(c1C)C=[N+](c1ccccc1)CO2. The second-order valence-electron chi connectivity index (χ2n) is 14.0. The Kier molecular flexibility index (Phi) is 10.8. The molecule has 0 spiro atoms. The van der Waals surface area contributed by atoms with Gasteiger partial charge in [0.2, 0.25) is 17.1 Å². The van der Waals surface area contributed by atoms with Gasteiger partial charge in [-0.25, -0.2) is 0 Å². The van der Waals surface area contributed by atoms with E-state index >= 15 is 0 Å². The molecule has 0 saturated carbocycles. The Hall–Kier alpha value is -6.27. The number of fused-ring (bicyclic) bond motifs is 3. The molecule has 0 bridgehead atoms. The van der Waals surface area contributed by atoms with E-state index in [4.69, 9.17) is 14.2 Å². The van der Waals surface area contributed by atoms with Crippen molar-refractivity contribution >= 4 is 35.7 Å². The van der Waals surface area contributed by atoms with Crippen molar-refractivity contribution in [3.8, 4) is 17.2 Å². The Balaban J connectivity index is 0.000000125. The van der Waals surface area contributed by atoms with Crippen LogP contribution in [0, 0.1) is 41.5 Å². The Morgan fingerprint density at radius 2 is 0.907 bits per heavy atom. The summed E-state index contributed by atoms with van der Waals surface area (Å²) in [6, 6.07) is 43.7. The molecule has 0 atom stereocenters. The molecule has 6 aromatic rings. The zero-order valence-electron chi connectivity index (χ0n) is 32.0. The second-order valence-corrected chi connectivity index (χ2v) is 14.0. The lowest BCUT2D eigenvalue weighted by atomic mass is 10.0. The molecule has 0 amide bonds. The second kappa shape index (κ2) is 16.2. The van der Waals surface area contributed by atoms with Crippen LogP contribution < -0.4 is 14.2 Å². The molecule has 6 heteroatoms. The quantitative estimate of drug-likeness (QED) is 0.171. The zero-order chi connectivity index (χ0) is 37.6. The van der Waals surface area contributed by atoms with Gasteiger partial charge in [0.1, 0.15) is 17.2 Å². The molecular formula is C48H48N3O3+3. The number of aryl methyl sites for hydroxylation is 5. The van der Waals surface area contributed by atoms with Gasteiger partial charge in [-0.3, -0.25) is 0 Å². The molecule has 6 nitrogen and oxygen atoms in total. The van der Waals surface area contributed by atoms with Gasteiger partial charge in [0.25, 0.3) is 20.2 Å². The summed E-state index contributed by atoms with van der Waals surface area (Å²) in [4.78, 5) is 0. The first-order chi connectivity index (χ1) is 26.2. The highest BCUT2D eigenvalue weighted by Crippen LogP contribution is 2.29. The summed E-state index contributed by atoms with van der Waals surface area (Å²) in [5, 5.41) is 0. The van der Waals surface area contributed by atoms with Crippen molar-refractivity contribution in [3.05, 3.63) is 177 Å². The molecule has 3 aliphatic rings. The lowest BCUT2D eigenvalue weighted by Gasteiger charge is -2.16. The third-order valence-electron chi connectivity index (χ3n) is 10.0. The molecule has 0 fully saturated rings. The van der Waals surface area contributed by atoms with Gasteiger partial charge in [-0.1, -0.05) is 66.7 Å². The first-order valence-electron chi connectivity index (χ1n) is 18.4. The summed E-state index contributed by atoms with van der Waals surface area (Å²) in [5.74, 6) is 2.96. The van der Waals surface area contributed by atoms with Gasteiger partial charge >= 0.3 is 0 Å². The van der Waals surface area contributed by atoms with Crippen molar-refractivity contribution in [2.24, 2.45) is 0 Å². The van der Waals surface area contributed by atoms with Crippen molar-refractivity contribution in [1.29, 1.82) is 0 Å². The first-order valence-corrected chi connectivity index (χ1v) is 18.4. The molecule has 9 rings (SSSR count). The number of nitrogens with zero attached hydrogens (tertiary/aromatic N) is 3. The van der Waals surface area contributed by atoms with E-state index in [2.05, 4.69) is 147 Å². The minimum Gasteiger partial charge on any atom is -0.435 e. The number of para-hydroxylation sites is 3. The van der Waals surface area contributed by atoms with E-state index in [1.807, 2.05) is 54.6 Å². The van der Waals surface area contributed by atoms with Crippen molar-refractivity contribution in [3.63, 3.8) is 0 Å². The molecule has 0 N–H and O–H groups in total. The highest BCUT2D eigenvalue weighted by molar-refractivity contribution is 5.84. The fraction of sp³-hybridized carbons (Fsp3) is 0.188. The van der Waals surface area contributed by atoms with Crippen LogP contribution in [0.1, 0.15) is 50.1 Å². The first kappa shape index (κ1) is 36.1. The molecular weight excluding hydrogens is 667 g/mol. The van der Waals surface area contributed by atoms with Crippen LogP contribution in [0.3, 0.4) is 0 Å². The number of hydrogen-bond donors (Lipinski definition) is 0. The van der Waals surface area contributed by atoms with Crippen LogP contribution in [0.4, 0.5) is 17.1 Å². The van der Waals surface area contributed by atoms with Crippen LogP contribution in [-0.2, 0) is 0 Å². The van der Waals surface area contributed by atoms with Crippen LogP contribution in [0.2, 0.25) is 0 Å². The maximum absolute atomic E-state index is 5.87. The molecule has 270 valence electrons. The fourth-order valence-electron chi connectivity index (χ4n) is 6.74. The van der Waals surface area contributed by atoms with Gasteiger partial charge in [-0.15, -0.1) is 0 Å². The smallest absolute Gasteiger partial charge is 0.292 e. The zero-order valence-corrected chi connectivity index (χ0v) is 32.0. The predicted octanol–water partition coefficient (Wildman–Crippen LogP) is 10.2. The van der Waals surface area contributed by atoms with E-state index in [9.17, 15) is 0 Å². The minimum absolute atomic E-state index is 0.569. The number of ether oxygens (including phenoxy) is 3. The summed E-state index contributed by atoms with van der Waals surface area (Å²) >= 11 is 0. The molecule has 0 aromatic heterocycles. The van der Waals surface area contributed by atoms with Gasteiger partial charge < -0.3 is 14.2 Å². The Morgan fingerprint density at radius 3 is 1.50 bits per heavy atom. The minimum atomic E-state index is 0.569. The van der Waals surface area contributed by atoms with Crippen molar-refractivity contribution in [2.75, 3.05) is 20.2 Å². The Morgan fingerprint density at radius 1 is 0.407 bits per heavy atom. The van der Waals surface area contributed by atoms with Gasteiger partial charge in [0, 0.05) is 36.4 Å². The Labute approximate surface area is 319 Å². The van der Waals surface area contributed by atoms with E-state index < -0.39 is 0 Å².